The lowest BCUT2D eigenvalue weighted by molar-refractivity contribution is 0.406. The number of nitrogen functional groups attached to an aromatic ring is 1. The van der Waals surface area contributed by atoms with Gasteiger partial charge in [0.2, 0.25) is 0 Å². The molecule has 3 aromatic rings. The minimum Gasteiger partial charge on any atom is -0.508 e. The van der Waals surface area contributed by atoms with Crippen LogP contribution < -0.4 is 22.1 Å². The fourth-order valence-electron chi connectivity index (χ4n) is 3.38. The molecule has 26 heavy (non-hydrogen) atoms. The molecule has 1 saturated heterocycles. The molecule has 132 valence electrons. The number of fused-ring (bicyclic) bond motifs is 1. The Morgan fingerprint density at radius 1 is 1.08 bits per heavy atom. The van der Waals surface area contributed by atoms with Crippen LogP contribution in [0.4, 0.5) is 5.69 Å². The van der Waals surface area contributed by atoms with Crippen molar-refractivity contribution in [2.45, 2.75) is 6.04 Å². The Labute approximate surface area is 152 Å². The van der Waals surface area contributed by atoms with Crippen LogP contribution >= 0.6 is 0 Å². The van der Waals surface area contributed by atoms with Crippen molar-refractivity contribution in [1.82, 2.24) is 10.6 Å². The molecule has 0 bridgehead atoms. The summed E-state index contributed by atoms with van der Waals surface area (Å²) in [4.78, 5) is 0. The van der Waals surface area contributed by atoms with Gasteiger partial charge in [0.1, 0.15) is 5.75 Å². The highest BCUT2D eigenvalue weighted by atomic mass is 16.3. The van der Waals surface area contributed by atoms with Gasteiger partial charge in [-0.15, -0.1) is 0 Å². The number of phenolic OH excluding ortho intramolecular Hbond substituents is 1. The third kappa shape index (κ3) is 2.82. The van der Waals surface area contributed by atoms with E-state index in [9.17, 15) is 5.11 Å². The van der Waals surface area contributed by atoms with Crippen LogP contribution in [0.25, 0.3) is 27.6 Å². The molecule has 3 aromatic carbocycles. The van der Waals surface area contributed by atoms with Crippen molar-refractivity contribution < 1.29 is 5.11 Å². The molecule has 4 rings (SSSR count). The fourth-order valence-corrected chi connectivity index (χ4v) is 3.38. The lowest BCUT2D eigenvalue weighted by Crippen LogP contribution is -2.54. The van der Waals surface area contributed by atoms with E-state index in [1.54, 1.807) is 18.3 Å². The van der Waals surface area contributed by atoms with Crippen LogP contribution in [0.15, 0.2) is 60.8 Å². The fraction of sp³-hybridized carbons (Fsp3) is 0.143. The van der Waals surface area contributed by atoms with Gasteiger partial charge in [-0.2, -0.15) is 0 Å². The van der Waals surface area contributed by atoms with Crippen molar-refractivity contribution in [3.05, 3.63) is 66.4 Å². The average molecular weight is 346 g/mol. The first-order chi connectivity index (χ1) is 12.7. The van der Waals surface area contributed by atoms with Gasteiger partial charge < -0.3 is 27.2 Å². The molecule has 1 fully saturated rings. The average Bonchev–Trinajstić information content (AvgIpc) is 2.61. The van der Waals surface area contributed by atoms with Gasteiger partial charge in [0, 0.05) is 36.1 Å². The molecule has 5 heteroatoms. The number of phenols is 1. The van der Waals surface area contributed by atoms with Crippen molar-refractivity contribution in [1.29, 1.82) is 0 Å². The molecule has 1 heterocycles. The zero-order valence-electron chi connectivity index (χ0n) is 14.4. The number of anilines is 1. The minimum absolute atomic E-state index is 0.219. The summed E-state index contributed by atoms with van der Waals surface area (Å²) in [5.74, 6) is 0.219. The molecule has 0 saturated carbocycles. The molecule has 1 aliphatic heterocycles. The van der Waals surface area contributed by atoms with E-state index >= 15 is 0 Å². The molecule has 0 radical (unpaired) electrons. The number of nitrogens with two attached hydrogens (primary N) is 2. The predicted molar refractivity (Wildman–Crippen MR) is 107 cm³/mol. The van der Waals surface area contributed by atoms with Crippen molar-refractivity contribution >= 4 is 22.2 Å². The smallest absolute Gasteiger partial charge is 0.116 e. The Bertz CT molecular complexity index is 992. The first-order valence-electron chi connectivity index (χ1n) is 8.67. The summed E-state index contributed by atoms with van der Waals surface area (Å²) in [6.45, 7) is 1.82. The standard InChI is InChI=1S/C21H22N4O/c22-10-20(25-14-11-24-12-14)18-7-3-6-17(21(18)23)19-9-15(26)8-13-4-1-2-5-16(13)19/h1-10,14,24-26H,11-12,22-23H2/b20-10+. The van der Waals surface area contributed by atoms with Gasteiger partial charge in [-0.3, -0.25) is 0 Å². The van der Waals surface area contributed by atoms with Gasteiger partial charge in [0.05, 0.1) is 11.7 Å². The Morgan fingerprint density at radius 3 is 2.62 bits per heavy atom. The van der Waals surface area contributed by atoms with Gasteiger partial charge in [-0.1, -0.05) is 42.5 Å². The highest BCUT2D eigenvalue weighted by Crippen LogP contribution is 2.38. The van der Waals surface area contributed by atoms with E-state index in [0.29, 0.717) is 11.7 Å². The van der Waals surface area contributed by atoms with Crippen molar-refractivity contribution in [3.63, 3.8) is 0 Å². The second-order valence-corrected chi connectivity index (χ2v) is 6.56. The van der Waals surface area contributed by atoms with Crippen LogP contribution in [0.1, 0.15) is 5.56 Å². The lowest BCUT2D eigenvalue weighted by atomic mass is 9.94. The van der Waals surface area contributed by atoms with Crippen LogP contribution in [0.2, 0.25) is 0 Å². The lowest BCUT2D eigenvalue weighted by Gasteiger charge is -2.30. The van der Waals surface area contributed by atoms with E-state index in [0.717, 1.165) is 46.2 Å². The molecule has 0 amide bonds. The second kappa shape index (κ2) is 6.61. The monoisotopic (exact) mass is 346 g/mol. The molecule has 5 nitrogen and oxygen atoms in total. The van der Waals surface area contributed by atoms with Crippen molar-refractivity contribution in [2.24, 2.45) is 5.73 Å². The number of hydrogen-bond acceptors (Lipinski definition) is 5. The van der Waals surface area contributed by atoms with Crippen LogP contribution in [-0.4, -0.2) is 24.2 Å². The maximum Gasteiger partial charge on any atom is 0.116 e. The summed E-state index contributed by atoms with van der Waals surface area (Å²) in [6, 6.07) is 17.7. The third-order valence-electron chi connectivity index (χ3n) is 4.84. The second-order valence-electron chi connectivity index (χ2n) is 6.56. The molecular formula is C21H22N4O. The topological polar surface area (TPSA) is 96.3 Å². The normalized spacial score (nSPS) is 15.0. The maximum atomic E-state index is 10.2. The number of para-hydroxylation sites is 1. The predicted octanol–water partition coefficient (Wildman–Crippen LogP) is 2.61. The zero-order valence-corrected chi connectivity index (χ0v) is 14.4. The van der Waals surface area contributed by atoms with Gasteiger partial charge >= 0.3 is 0 Å². The van der Waals surface area contributed by atoms with E-state index in [-0.39, 0.29) is 5.75 Å². The van der Waals surface area contributed by atoms with Gasteiger partial charge in [-0.25, -0.2) is 0 Å². The number of hydrogen-bond donors (Lipinski definition) is 5. The van der Waals surface area contributed by atoms with Crippen LogP contribution in [0, 0.1) is 0 Å². The van der Waals surface area contributed by atoms with Crippen molar-refractivity contribution in [3.8, 4) is 16.9 Å². The Balaban J connectivity index is 1.84. The van der Waals surface area contributed by atoms with E-state index in [2.05, 4.69) is 10.6 Å². The Hall–Kier alpha value is -3.18. The van der Waals surface area contributed by atoms with Crippen LogP contribution in [-0.2, 0) is 0 Å². The third-order valence-corrected chi connectivity index (χ3v) is 4.84. The molecular weight excluding hydrogens is 324 g/mol. The minimum atomic E-state index is 0.219. The molecule has 0 spiro atoms. The SMILES string of the molecule is N/C=C(/NC1CNC1)c1cccc(-c2cc(O)cc3ccccc23)c1N. The van der Waals surface area contributed by atoms with E-state index in [1.165, 1.54) is 0 Å². The molecule has 0 unspecified atom stereocenters. The van der Waals surface area contributed by atoms with Crippen LogP contribution in [0.5, 0.6) is 5.75 Å². The molecule has 1 aliphatic rings. The van der Waals surface area contributed by atoms with Crippen LogP contribution in [0.3, 0.4) is 0 Å². The molecule has 7 N–H and O–H groups in total. The summed E-state index contributed by atoms with van der Waals surface area (Å²) in [6.07, 6.45) is 1.56. The quantitative estimate of drug-likeness (QED) is 0.468. The number of aromatic hydroxyl groups is 1. The summed E-state index contributed by atoms with van der Waals surface area (Å²) < 4.78 is 0. The number of rotatable bonds is 4. The zero-order chi connectivity index (χ0) is 18.1. The maximum absolute atomic E-state index is 10.2. The molecule has 0 aromatic heterocycles. The highest BCUT2D eigenvalue weighted by molar-refractivity contribution is 6.01. The molecule has 0 atom stereocenters. The van der Waals surface area contributed by atoms with Gasteiger partial charge in [0.15, 0.2) is 0 Å². The summed E-state index contributed by atoms with van der Waals surface area (Å²) in [7, 11) is 0. The molecule has 0 aliphatic carbocycles. The van der Waals surface area contributed by atoms with E-state index in [4.69, 9.17) is 11.5 Å². The summed E-state index contributed by atoms with van der Waals surface area (Å²) in [5, 5.41) is 18.8. The van der Waals surface area contributed by atoms with E-state index < -0.39 is 0 Å². The highest BCUT2D eigenvalue weighted by Gasteiger charge is 2.19. The van der Waals surface area contributed by atoms with Gasteiger partial charge in [0.25, 0.3) is 0 Å². The largest absolute Gasteiger partial charge is 0.508 e. The summed E-state index contributed by atoms with van der Waals surface area (Å²) >= 11 is 0. The Morgan fingerprint density at radius 2 is 1.88 bits per heavy atom. The van der Waals surface area contributed by atoms with Gasteiger partial charge in [-0.05, 0) is 28.5 Å². The van der Waals surface area contributed by atoms with E-state index in [1.807, 2.05) is 42.5 Å². The number of nitrogens with one attached hydrogen (secondary N) is 2. The summed E-state index contributed by atoms with van der Waals surface area (Å²) in [5.41, 5.74) is 16.5. The first kappa shape index (κ1) is 16.3. The first-order valence-corrected chi connectivity index (χ1v) is 8.67. The number of benzene rings is 3. The Kier molecular flexibility index (Phi) is 4.14. The van der Waals surface area contributed by atoms with Crippen molar-refractivity contribution in [2.75, 3.05) is 18.8 Å².